The molecule has 0 amide bonds. The summed E-state index contributed by atoms with van der Waals surface area (Å²) in [4.78, 5) is 24.9. The zero-order valence-electron chi connectivity index (χ0n) is 25.3. The third kappa shape index (κ3) is 11.0. The van der Waals surface area contributed by atoms with Crippen LogP contribution < -0.4 is 9.47 Å². The standard InChI is InChI=1S/C36H45FO5/c1-4-6-7-8-9-11-24-40-31-20-18-29(19-21-31)28-14-16-30(17-15-28)35(38)42-32-22-23-33(34(37)26-32)36(39)41-25-12-10-13-27(3)5-2/h14-23,26-27H,4-13,24-25H2,1-3H3. The average molecular weight is 577 g/mol. The van der Waals surface area contributed by atoms with Crippen molar-refractivity contribution in [2.24, 2.45) is 5.92 Å². The van der Waals surface area contributed by atoms with Crippen LogP contribution in [0.5, 0.6) is 11.5 Å². The third-order valence-corrected chi connectivity index (χ3v) is 7.47. The van der Waals surface area contributed by atoms with E-state index in [9.17, 15) is 14.0 Å². The number of hydrogen-bond donors (Lipinski definition) is 0. The Morgan fingerprint density at radius 3 is 2.00 bits per heavy atom. The Hall–Kier alpha value is -3.67. The van der Waals surface area contributed by atoms with Crippen LogP contribution in [-0.4, -0.2) is 25.2 Å². The van der Waals surface area contributed by atoms with Gasteiger partial charge in [0.05, 0.1) is 24.3 Å². The van der Waals surface area contributed by atoms with E-state index in [0.717, 1.165) is 61.7 Å². The highest BCUT2D eigenvalue weighted by Gasteiger charge is 2.16. The maximum absolute atomic E-state index is 14.6. The van der Waals surface area contributed by atoms with Crippen molar-refractivity contribution >= 4 is 11.9 Å². The number of carbonyl (C=O) groups excluding carboxylic acids is 2. The molecule has 0 heterocycles. The molecule has 0 saturated heterocycles. The van der Waals surface area contributed by atoms with E-state index in [0.29, 0.717) is 11.5 Å². The summed E-state index contributed by atoms with van der Waals surface area (Å²) in [6, 6.07) is 18.6. The molecule has 0 fully saturated rings. The molecule has 3 rings (SSSR count). The smallest absolute Gasteiger partial charge is 0.343 e. The van der Waals surface area contributed by atoms with E-state index < -0.39 is 17.8 Å². The van der Waals surface area contributed by atoms with Crippen molar-refractivity contribution in [2.45, 2.75) is 85.0 Å². The van der Waals surface area contributed by atoms with Gasteiger partial charge in [0.15, 0.2) is 0 Å². The van der Waals surface area contributed by atoms with Gasteiger partial charge < -0.3 is 14.2 Å². The lowest BCUT2D eigenvalue weighted by Gasteiger charge is -2.10. The molecule has 0 N–H and O–H groups in total. The van der Waals surface area contributed by atoms with Gasteiger partial charge in [0.2, 0.25) is 0 Å². The Kier molecular flexibility index (Phi) is 14.1. The van der Waals surface area contributed by atoms with Gasteiger partial charge in [-0.05, 0) is 72.7 Å². The molecule has 5 nitrogen and oxygen atoms in total. The fourth-order valence-corrected chi connectivity index (χ4v) is 4.55. The van der Waals surface area contributed by atoms with Gasteiger partial charge in [-0.3, -0.25) is 0 Å². The molecule has 226 valence electrons. The number of hydrogen-bond acceptors (Lipinski definition) is 5. The molecule has 3 aromatic carbocycles. The van der Waals surface area contributed by atoms with E-state index in [-0.39, 0.29) is 17.9 Å². The Morgan fingerprint density at radius 2 is 1.33 bits per heavy atom. The van der Waals surface area contributed by atoms with Crippen molar-refractivity contribution in [1.29, 1.82) is 0 Å². The fourth-order valence-electron chi connectivity index (χ4n) is 4.55. The van der Waals surface area contributed by atoms with E-state index >= 15 is 0 Å². The van der Waals surface area contributed by atoms with Crippen molar-refractivity contribution in [3.63, 3.8) is 0 Å². The molecule has 1 atom stereocenters. The van der Waals surface area contributed by atoms with Gasteiger partial charge in [-0.2, -0.15) is 0 Å². The first-order valence-corrected chi connectivity index (χ1v) is 15.4. The second-order valence-electron chi connectivity index (χ2n) is 10.9. The van der Waals surface area contributed by atoms with Crippen molar-refractivity contribution in [3.05, 3.63) is 83.7 Å². The van der Waals surface area contributed by atoms with Crippen LogP contribution in [-0.2, 0) is 4.74 Å². The van der Waals surface area contributed by atoms with Crippen molar-refractivity contribution in [2.75, 3.05) is 13.2 Å². The zero-order valence-corrected chi connectivity index (χ0v) is 25.3. The lowest BCUT2D eigenvalue weighted by Crippen LogP contribution is -2.11. The first-order valence-electron chi connectivity index (χ1n) is 15.4. The maximum atomic E-state index is 14.6. The van der Waals surface area contributed by atoms with E-state index in [1.807, 2.05) is 36.4 Å². The monoisotopic (exact) mass is 576 g/mol. The fraction of sp³-hybridized carbons (Fsp3) is 0.444. The normalized spacial score (nSPS) is 11.6. The van der Waals surface area contributed by atoms with Crippen molar-refractivity contribution < 1.29 is 28.2 Å². The number of benzene rings is 3. The maximum Gasteiger partial charge on any atom is 0.343 e. The number of carbonyl (C=O) groups is 2. The Bertz CT molecular complexity index is 1240. The van der Waals surface area contributed by atoms with E-state index in [1.54, 1.807) is 12.1 Å². The highest BCUT2D eigenvalue weighted by atomic mass is 19.1. The molecule has 0 aliphatic rings. The van der Waals surface area contributed by atoms with Crippen LogP contribution in [0.4, 0.5) is 4.39 Å². The van der Waals surface area contributed by atoms with Crippen LogP contribution in [0.2, 0.25) is 0 Å². The second-order valence-corrected chi connectivity index (χ2v) is 10.9. The summed E-state index contributed by atoms with van der Waals surface area (Å²) in [5.41, 5.74) is 2.10. The van der Waals surface area contributed by atoms with Crippen molar-refractivity contribution in [1.82, 2.24) is 0 Å². The summed E-state index contributed by atoms with van der Waals surface area (Å²) in [7, 11) is 0. The Labute approximate surface area is 250 Å². The Balaban J connectivity index is 1.46. The Morgan fingerprint density at radius 1 is 0.714 bits per heavy atom. The molecule has 0 aliphatic carbocycles. The lowest BCUT2D eigenvalue weighted by molar-refractivity contribution is 0.0491. The van der Waals surface area contributed by atoms with Crippen LogP contribution in [0.15, 0.2) is 66.7 Å². The summed E-state index contributed by atoms with van der Waals surface area (Å²) >= 11 is 0. The van der Waals surface area contributed by atoms with Crippen LogP contribution in [0, 0.1) is 11.7 Å². The highest BCUT2D eigenvalue weighted by molar-refractivity contribution is 5.92. The molecule has 1 unspecified atom stereocenters. The molecular weight excluding hydrogens is 531 g/mol. The van der Waals surface area contributed by atoms with Gasteiger partial charge in [0.25, 0.3) is 0 Å². The van der Waals surface area contributed by atoms with Crippen LogP contribution in [0.1, 0.15) is 106 Å². The molecule has 0 saturated carbocycles. The highest BCUT2D eigenvalue weighted by Crippen LogP contribution is 2.24. The largest absolute Gasteiger partial charge is 0.494 e. The van der Waals surface area contributed by atoms with Gasteiger partial charge in [0, 0.05) is 6.07 Å². The number of ether oxygens (including phenoxy) is 3. The number of rotatable bonds is 18. The van der Waals surface area contributed by atoms with Crippen LogP contribution in [0.3, 0.4) is 0 Å². The minimum absolute atomic E-state index is 0.0169. The molecule has 0 spiro atoms. The quantitative estimate of drug-likeness (QED) is 0.0857. The molecule has 42 heavy (non-hydrogen) atoms. The topological polar surface area (TPSA) is 61.8 Å². The predicted molar refractivity (Wildman–Crippen MR) is 166 cm³/mol. The van der Waals surface area contributed by atoms with E-state index in [1.165, 1.54) is 44.2 Å². The molecule has 0 radical (unpaired) electrons. The number of esters is 2. The zero-order chi connectivity index (χ0) is 30.2. The van der Waals surface area contributed by atoms with E-state index in [4.69, 9.17) is 14.2 Å². The minimum Gasteiger partial charge on any atom is -0.494 e. The van der Waals surface area contributed by atoms with Gasteiger partial charge in [-0.15, -0.1) is 0 Å². The molecule has 0 bridgehead atoms. The molecular formula is C36H45FO5. The number of halogens is 1. The molecule has 3 aromatic rings. The average Bonchev–Trinajstić information content (AvgIpc) is 3.00. The van der Waals surface area contributed by atoms with Gasteiger partial charge in [-0.1, -0.05) is 90.0 Å². The second kappa shape index (κ2) is 18.0. The molecule has 0 aliphatic heterocycles. The molecule has 0 aromatic heterocycles. The summed E-state index contributed by atoms with van der Waals surface area (Å²) in [6.45, 7) is 7.53. The summed E-state index contributed by atoms with van der Waals surface area (Å²) in [5, 5.41) is 0. The van der Waals surface area contributed by atoms with Crippen molar-refractivity contribution in [3.8, 4) is 22.6 Å². The predicted octanol–water partition coefficient (Wildman–Crippen LogP) is 9.82. The van der Waals surface area contributed by atoms with Gasteiger partial charge in [0.1, 0.15) is 17.3 Å². The summed E-state index contributed by atoms with van der Waals surface area (Å²) in [6.07, 6.45) is 11.3. The van der Waals surface area contributed by atoms with Crippen LogP contribution >= 0.6 is 0 Å². The SMILES string of the molecule is CCCCCCCCOc1ccc(-c2ccc(C(=O)Oc3ccc(C(=O)OCCCCC(C)CC)c(F)c3)cc2)cc1. The first-order chi connectivity index (χ1) is 20.4. The van der Waals surface area contributed by atoms with Gasteiger partial charge in [-0.25, -0.2) is 14.0 Å². The third-order valence-electron chi connectivity index (χ3n) is 7.47. The summed E-state index contributed by atoms with van der Waals surface area (Å²) < 4.78 is 31.0. The summed E-state index contributed by atoms with van der Waals surface area (Å²) in [5.74, 6) is -0.625. The minimum atomic E-state index is -0.792. The molecule has 6 heteroatoms. The van der Waals surface area contributed by atoms with Gasteiger partial charge >= 0.3 is 11.9 Å². The lowest BCUT2D eigenvalue weighted by atomic mass is 10.0. The number of unbranched alkanes of at least 4 members (excludes halogenated alkanes) is 6. The van der Waals surface area contributed by atoms with E-state index in [2.05, 4.69) is 20.8 Å². The van der Waals surface area contributed by atoms with Crippen LogP contribution in [0.25, 0.3) is 11.1 Å². The first kappa shape index (κ1) is 32.8.